The predicted molar refractivity (Wildman–Crippen MR) is 114 cm³/mol. The van der Waals surface area contributed by atoms with Crippen LogP contribution in [-0.2, 0) is 4.79 Å². The Morgan fingerprint density at radius 1 is 1.13 bits per heavy atom. The van der Waals surface area contributed by atoms with Gasteiger partial charge in [-0.15, -0.1) is 0 Å². The van der Waals surface area contributed by atoms with Crippen molar-refractivity contribution < 1.29 is 19.5 Å². The lowest BCUT2D eigenvalue weighted by atomic mass is 9.91. The summed E-state index contributed by atoms with van der Waals surface area (Å²) in [7, 11) is 1.63. The minimum atomic E-state index is -0.200. The van der Waals surface area contributed by atoms with Crippen LogP contribution in [0.25, 0.3) is 11.1 Å². The number of amides is 1. The van der Waals surface area contributed by atoms with Crippen LogP contribution in [0.5, 0.6) is 0 Å². The molecule has 3 heterocycles. The highest BCUT2D eigenvalue weighted by Gasteiger charge is 2.29. The Bertz CT molecular complexity index is 833. The molecular formula is C23H31N4O3+. The van der Waals surface area contributed by atoms with Gasteiger partial charge in [0.25, 0.3) is 0 Å². The highest BCUT2D eigenvalue weighted by atomic mass is 16.6. The Labute approximate surface area is 177 Å². The summed E-state index contributed by atoms with van der Waals surface area (Å²) >= 11 is 0. The molecule has 2 aliphatic rings. The summed E-state index contributed by atoms with van der Waals surface area (Å²) < 4.78 is 1.64. The number of aromatic nitrogens is 2. The molecular weight excluding hydrogens is 380 g/mol. The lowest BCUT2D eigenvalue weighted by molar-refractivity contribution is -0.885. The summed E-state index contributed by atoms with van der Waals surface area (Å²) in [6.45, 7) is 1.62. The van der Waals surface area contributed by atoms with Gasteiger partial charge in [-0.3, -0.25) is 9.63 Å². The van der Waals surface area contributed by atoms with Crippen molar-refractivity contribution in [2.75, 3.05) is 25.1 Å². The molecule has 0 bridgehead atoms. The molecule has 2 N–H and O–H groups in total. The van der Waals surface area contributed by atoms with E-state index in [1.54, 1.807) is 11.8 Å². The number of aliphatic hydroxyl groups excluding tert-OH is 1. The molecule has 30 heavy (non-hydrogen) atoms. The fourth-order valence-electron chi connectivity index (χ4n) is 4.41. The Morgan fingerprint density at radius 2 is 1.90 bits per heavy atom. The monoisotopic (exact) mass is 411 g/mol. The van der Waals surface area contributed by atoms with E-state index in [0.29, 0.717) is 6.54 Å². The fraction of sp³-hybridized carbons (Fsp3) is 0.522. The third-order valence-electron chi connectivity index (χ3n) is 6.25. The van der Waals surface area contributed by atoms with Crippen molar-refractivity contribution in [3.05, 3.63) is 42.9 Å². The molecule has 1 aliphatic carbocycles. The predicted octanol–water partition coefficient (Wildman–Crippen LogP) is 1.73. The Balaban J connectivity index is 1.36. The van der Waals surface area contributed by atoms with Crippen molar-refractivity contribution in [2.24, 2.45) is 5.92 Å². The molecule has 7 heteroatoms. The molecule has 4 rings (SSSR count). The van der Waals surface area contributed by atoms with Crippen molar-refractivity contribution in [1.82, 2.24) is 10.3 Å². The maximum atomic E-state index is 12.8. The highest BCUT2D eigenvalue weighted by Crippen LogP contribution is 2.25. The zero-order valence-electron chi connectivity index (χ0n) is 17.5. The van der Waals surface area contributed by atoms with Crippen molar-refractivity contribution in [2.45, 2.75) is 50.7 Å². The van der Waals surface area contributed by atoms with Crippen molar-refractivity contribution in [3.63, 3.8) is 0 Å². The van der Waals surface area contributed by atoms with E-state index in [4.69, 9.17) is 4.84 Å². The van der Waals surface area contributed by atoms with Crippen LogP contribution >= 0.6 is 0 Å². The van der Waals surface area contributed by atoms with Gasteiger partial charge in [0.2, 0.25) is 18.3 Å². The van der Waals surface area contributed by atoms with Gasteiger partial charge in [-0.25, -0.2) is 4.98 Å². The SMILES string of the molecule is CO[n+]1ccc(-c2ccc(N3CCC[C@H](C(=O)NC4CCC(O)CC4)C3)nc2)cc1. The number of nitrogens with one attached hydrogen (secondary N) is 1. The summed E-state index contributed by atoms with van der Waals surface area (Å²) in [5.74, 6) is 1.05. The van der Waals surface area contributed by atoms with Crippen LogP contribution < -0.4 is 19.8 Å². The Morgan fingerprint density at radius 3 is 2.57 bits per heavy atom. The van der Waals surface area contributed by atoms with E-state index in [1.165, 1.54) is 0 Å². The van der Waals surface area contributed by atoms with Crippen molar-refractivity contribution in [3.8, 4) is 11.1 Å². The van der Waals surface area contributed by atoms with E-state index in [1.807, 2.05) is 36.8 Å². The number of pyridine rings is 2. The van der Waals surface area contributed by atoms with Crippen LogP contribution in [0.15, 0.2) is 42.9 Å². The number of anilines is 1. The van der Waals surface area contributed by atoms with E-state index in [0.717, 1.165) is 62.0 Å². The maximum Gasteiger partial charge on any atom is 0.225 e. The molecule has 1 atom stereocenters. The Kier molecular flexibility index (Phi) is 6.47. The smallest absolute Gasteiger partial charge is 0.225 e. The van der Waals surface area contributed by atoms with Crippen LogP contribution in [0.2, 0.25) is 0 Å². The highest BCUT2D eigenvalue weighted by molar-refractivity contribution is 5.80. The third-order valence-corrected chi connectivity index (χ3v) is 6.25. The molecule has 0 unspecified atom stereocenters. The molecule has 0 aromatic carbocycles. The first-order chi connectivity index (χ1) is 14.6. The molecule has 0 radical (unpaired) electrons. The molecule has 2 aromatic heterocycles. The first-order valence-electron chi connectivity index (χ1n) is 10.9. The van der Waals surface area contributed by atoms with Gasteiger partial charge in [0.05, 0.1) is 12.0 Å². The molecule has 7 nitrogen and oxygen atoms in total. The summed E-state index contributed by atoms with van der Waals surface area (Å²) in [4.78, 5) is 24.8. The van der Waals surface area contributed by atoms with Gasteiger partial charge in [0, 0.05) is 47.8 Å². The minimum absolute atomic E-state index is 0.00862. The van der Waals surface area contributed by atoms with E-state index < -0.39 is 0 Å². The molecule has 2 aromatic rings. The fourth-order valence-corrected chi connectivity index (χ4v) is 4.41. The normalized spacial score (nSPS) is 24.3. The van der Waals surface area contributed by atoms with Crippen LogP contribution in [-0.4, -0.2) is 48.3 Å². The number of aliphatic hydroxyl groups is 1. The molecule has 1 aliphatic heterocycles. The zero-order valence-corrected chi connectivity index (χ0v) is 17.5. The summed E-state index contributed by atoms with van der Waals surface area (Å²) in [6.07, 6.45) is 10.6. The quantitative estimate of drug-likeness (QED) is 0.733. The lowest BCUT2D eigenvalue weighted by Crippen LogP contribution is -2.47. The maximum absolute atomic E-state index is 12.8. The lowest BCUT2D eigenvalue weighted by Gasteiger charge is -2.34. The average molecular weight is 412 g/mol. The molecule has 1 amide bonds. The van der Waals surface area contributed by atoms with Gasteiger partial charge in [-0.2, -0.15) is 0 Å². The molecule has 160 valence electrons. The van der Waals surface area contributed by atoms with Crippen molar-refractivity contribution in [1.29, 1.82) is 0 Å². The van der Waals surface area contributed by atoms with Gasteiger partial charge < -0.3 is 15.3 Å². The first kappa shape index (κ1) is 20.6. The van der Waals surface area contributed by atoms with Gasteiger partial charge in [-0.1, -0.05) is 0 Å². The number of rotatable bonds is 5. The minimum Gasteiger partial charge on any atom is -0.393 e. The van der Waals surface area contributed by atoms with Crippen LogP contribution in [0.3, 0.4) is 0 Å². The van der Waals surface area contributed by atoms with E-state index >= 15 is 0 Å². The van der Waals surface area contributed by atoms with Crippen LogP contribution in [0.4, 0.5) is 5.82 Å². The largest absolute Gasteiger partial charge is 0.393 e. The molecule has 2 fully saturated rings. The molecule has 1 saturated heterocycles. The number of piperidine rings is 1. The second-order valence-electron chi connectivity index (χ2n) is 8.33. The third kappa shape index (κ3) is 4.90. The van der Waals surface area contributed by atoms with Crippen molar-refractivity contribution >= 4 is 11.7 Å². The number of carbonyl (C=O) groups is 1. The zero-order chi connectivity index (χ0) is 20.9. The number of nitrogens with zero attached hydrogens (tertiary/aromatic N) is 3. The number of hydrogen-bond donors (Lipinski definition) is 2. The summed E-state index contributed by atoms with van der Waals surface area (Å²) in [5.41, 5.74) is 2.13. The Hall–Kier alpha value is -2.67. The molecule has 0 spiro atoms. The van der Waals surface area contributed by atoms with Gasteiger partial charge in [-0.05, 0) is 56.2 Å². The number of hydrogen-bond acceptors (Lipinski definition) is 5. The van der Waals surface area contributed by atoms with Crippen LogP contribution in [0.1, 0.15) is 38.5 Å². The van der Waals surface area contributed by atoms with E-state index in [9.17, 15) is 9.90 Å². The van der Waals surface area contributed by atoms with Crippen LogP contribution in [0, 0.1) is 5.92 Å². The van der Waals surface area contributed by atoms with Gasteiger partial charge >= 0.3 is 0 Å². The number of carbonyl (C=O) groups excluding carboxylic acids is 1. The molecule has 1 saturated carbocycles. The second kappa shape index (κ2) is 9.43. The summed E-state index contributed by atoms with van der Waals surface area (Å²) in [5, 5.41) is 12.9. The second-order valence-corrected chi connectivity index (χ2v) is 8.33. The summed E-state index contributed by atoms with van der Waals surface area (Å²) in [6, 6.07) is 8.30. The first-order valence-corrected chi connectivity index (χ1v) is 10.9. The van der Waals surface area contributed by atoms with Gasteiger partial charge in [0.1, 0.15) is 12.9 Å². The average Bonchev–Trinajstić information content (AvgIpc) is 2.81. The standard InChI is InChI=1S/C23H30N4O3/c1-30-27-13-10-17(11-14-27)18-4-9-22(24-15-18)26-12-2-3-19(16-26)23(29)25-20-5-7-21(28)8-6-20/h4,9-11,13-15,19-21,28H,2-3,5-8,12,16H2,1H3/p+1/t19-,20?,21?/m0/s1. The van der Waals surface area contributed by atoms with E-state index in [-0.39, 0.29) is 24.0 Å². The van der Waals surface area contributed by atoms with Gasteiger partial charge in [0.15, 0.2) is 0 Å². The topological polar surface area (TPSA) is 78.6 Å². The van der Waals surface area contributed by atoms with E-state index in [2.05, 4.69) is 21.3 Å².